The Kier molecular flexibility index (Phi) is 4.36. The summed E-state index contributed by atoms with van der Waals surface area (Å²) < 4.78 is 7.66. The molecule has 0 fully saturated rings. The van der Waals surface area contributed by atoms with Gasteiger partial charge in [-0.25, -0.2) is 4.98 Å². The highest BCUT2D eigenvalue weighted by Gasteiger charge is 1.98. The smallest absolute Gasteiger partial charge is 0.122 e. The van der Waals surface area contributed by atoms with Crippen LogP contribution in [0, 0.1) is 6.92 Å². The highest BCUT2D eigenvalue weighted by molar-refractivity contribution is 5.27. The predicted molar refractivity (Wildman–Crippen MR) is 71.6 cm³/mol. The summed E-state index contributed by atoms with van der Waals surface area (Å²) in [6.07, 6.45) is 3.75. The molecule has 0 aliphatic heterocycles. The van der Waals surface area contributed by atoms with Gasteiger partial charge in [0.15, 0.2) is 0 Å². The third-order valence-corrected chi connectivity index (χ3v) is 2.74. The summed E-state index contributed by atoms with van der Waals surface area (Å²) in [5, 5.41) is 3.31. The molecule has 0 aliphatic rings. The number of benzene rings is 1. The molecule has 0 radical (unpaired) electrons. The highest BCUT2D eigenvalue weighted by atomic mass is 16.5. The number of rotatable bonds is 6. The Morgan fingerprint density at radius 1 is 1.39 bits per heavy atom. The molecule has 4 nitrogen and oxygen atoms in total. The number of nitrogens with zero attached hydrogens (tertiary/aromatic N) is 2. The van der Waals surface area contributed by atoms with Crippen LogP contribution in [0.1, 0.15) is 11.4 Å². The fraction of sp³-hybridized carbons (Fsp3) is 0.357. The van der Waals surface area contributed by atoms with Crippen molar-refractivity contribution < 1.29 is 4.74 Å². The lowest BCUT2D eigenvalue weighted by Crippen LogP contribution is -2.22. The summed E-state index contributed by atoms with van der Waals surface area (Å²) >= 11 is 0. The maximum Gasteiger partial charge on any atom is 0.122 e. The molecule has 0 spiro atoms. The molecule has 1 heterocycles. The summed E-state index contributed by atoms with van der Waals surface area (Å²) in [5.41, 5.74) is 1.22. The quantitative estimate of drug-likeness (QED) is 0.790. The van der Waals surface area contributed by atoms with Crippen molar-refractivity contribution in [3.05, 3.63) is 48.0 Å². The van der Waals surface area contributed by atoms with Gasteiger partial charge in [-0.05, 0) is 24.6 Å². The van der Waals surface area contributed by atoms with E-state index in [0.717, 1.165) is 24.7 Å². The Balaban J connectivity index is 1.66. The highest BCUT2D eigenvalue weighted by Crippen LogP contribution is 2.11. The number of hydrogen-bond donors (Lipinski definition) is 1. The average molecular weight is 245 g/mol. The molecule has 4 heteroatoms. The SMILES string of the molecule is Cc1cccc(OCCNCc2nccn2C)c1. The first kappa shape index (κ1) is 12.6. The zero-order valence-corrected chi connectivity index (χ0v) is 10.9. The van der Waals surface area contributed by atoms with Crippen LogP contribution in [0.2, 0.25) is 0 Å². The van der Waals surface area contributed by atoms with Crippen LogP contribution in [0.3, 0.4) is 0 Å². The van der Waals surface area contributed by atoms with Gasteiger partial charge in [0, 0.05) is 26.0 Å². The lowest BCUT2D eigenvalue weighted by molar-refractivity contribution is 0.312. The Morgan fingerprint density at radius 2 is 2.28 bits per heavy atom. The van der Waals surface area contributed by atoms with Crippen LogP contribution in [0.25, 0.3) is 0 Å². The number of imidazole rings is 1. The van der Waals surface area contributed by atoms with Crippen LogP contribution < -0.4 is 10.1 Å². The van der Waals surface area contributed by atoms with Gasteiger partial charge in [0.2, 0.25) is 0 Å². The van der Waals surface area contributed by atoms with Crippen LogP contribution in [0.4, 0.5) is 0 Å². The lowest BCUT2D eigenvalue weighted by atomic mass is 10.2. The molecule has 2 aromatic rings. The molecular formula is C14H19N3O. The second-order valence-corrected chi connectivity index (χ2v) is 4.30. The topological polar surface area (TPSA) is 39.1 Å². The van der Waals surface area contributed by atoms with Crippen LogP contribution in [0.5, 0.6) is 5.75 Å². The fourth-order valence-corrected chi connectivity index (χ4v) is 1.71. The maximum absolute atomic E-state index is 5.65. The molecule has 1 aromatic heterocycles. The van der Waals surface area contributed by atoms with Crippen molar-refractivity contribution >= 4 is 0 Å². The molecular weight excluding hydrogens is 226 g/mol. The molecule has 0 aliphatic carbocycles. The standard InChI is InChI=1S/C14H19N3O/c1-12-4-3-5-13(10-12)18-9-7-15-11-14-16-6-8-17(14)2/h3-6,8,10,15H,7,9,11H2,1-2H3. The molecule has 96 valence electrons. The lowest BCUT2D eigenvalue weighted by Gasteiger charge is -2.08. The molecule has 0 unspecified atom stereocenters. The largest absolute Gasteiger partial charge is 0.492 e. The summed E-state index contributed by atoms with van der Waals surface area (Å²) in [6.45, 7) is 4.29. The van der Waals surface area contributed by atoms with Gasteiger partial charge in [0.1, 0.15) is 18.2 Å². The molecule has 0 amide bonds. The second-order valence-electron chi connectivity index (χ2n) is 4.30. The summed E-state index contributed by atoms with van der Waals surface area (Å²) in [5.74, 6) is 1.96. The van der Waals surface area contributed by atoms with Gasteiger partial charge in [0.25, 0.3) is 0 Å². The molecule has 0 saturated heterocycles. The molecule has 0 saturated carbocycles. The van der Waals surface area contributed by atoms with Crippen LogP contribution in [-0.2, 0) is 13.6 Å². The number of aryl methyl sites for hydroxylation is 2. The van der Waals surface area contributed by atoms with Crippen LogP contribution in [-0.4, -0.2) is 22.7 Å². The normalized spacial score (nSPS) is 10.6. The minimum Gasteiger partial charge on any atom is -0.492 e. The molecule has 1 aromatic carbocycles. The summed E-state index contributed by atoms with van der Waals surface area (Å²) in [7, 11) is 1.99. The predicted octanol–water partition coefficient (Wildman–Crippen LogP) is 1.90. The van der Waals surface area contributed by atoms with Crippen molar-refractivity contribution in [1.82, 2.24) is 14.9 Å². The molecule has 1 N–H and O–H groups in total. The molecule has 2 rings (SSSR count). The minimum atomic E-state index is 0.661. The Labute approximate surface area is 108 Å². The first-order valence-electron chi connectivity index (χ1n) is 6.12. The van der Waals surface area contributed by atoms with Gasteiger partial charge in [-0.15, -0.1) is 0 Å². The minimum absolute atomic E-state index is 0.661. The van der Waals surface area contributed by atoms with E-state index in [-0.39, 0.29) is 0 Å². The van der Waals surface area contributed by atoms with Gasteiger partial charge in [-0.1, -0.05) is 12.1 Å². The third-order valence-electron chi connectivity index (χ3n) is 2.74. The molecule has 0 atom stereocenters. The van der Waals surface area contributed by atoms with Crippen molar-refractivity contribution in [3.63, 3.8) is 0 Å². The second kappa shape index (κ2) is 6.21. The van der Waals surface area contributed by atoms with Gasteiger partial charge in [0.05, 0.1) is 6.54 Å². The average Bonchev–Trinajstić information content (AvgIpc) is 2.75. The van der Waals surface area contributed by atoms with Crippen molar-refractivity contribution in [3.8, 4) is 5.75 Å². The van der Waals surface area contributed by atoms with E-state index >= 15 is 0 Å². The van der Waals surface area contributed by atoms with Crippen molar-refractivity contribution in [1.29, 1.82) is 0 Å². The van der Waals surface area contributed by atoms with Gasteiger partial charge < -0.3 is 14.6 Å². The Bertz CT molecular complexity index is 493. The van der Waals surface area contributed by atoms with Crippen molar-refractivity contribution in [2.75, 3.05) is 13.2 Å². The van der Waals surface area contributed by atoms with E-state index in [9.17, 15) is 0 Å². The number of ether oxygens (including phenoxy) is 1. The van der Waals surface area contributed by atoms with E-state index in [0.29, 0.717) is 6.61 Å². The number of nitrogens with one attached hydrogen (secondary N) is 1. The van der Waals surface area contributed by atoms with Gasteiger partial charge in [-0.3, -0.25) is 0 Å². The monoisotopic (exact) mass is 245 g/mol. The number of aromatic nitrogens is 2. The molecule has 0 bridgehead atoms. The van der Waals surface area contributed by atoms with E-state index in [1.807, 2.05) is 36.0 Å². The maximum atomic E-state index is 5.65. The first-order valence-corrected chi connectivity index (χ1v) is 6.12. The summed E-state index contributed by atoms with van der Waals surface area (Å²) in [6, 6.07) is 8.09. The van der Waals surface area contributed by atoms with E-state index in [2.05, 4.69) is 23.3 Å². The van der Waals surface area contributed by atoms with E-state index in [4.69, 9.17) is 4.74 Å². The Morgan fingerprint density at radius 3 is 3.00 bits per heavy atom. The zero-order valence-electron chi connectivity index (χ0n) is 10.9. The molecule has 18 heavy (non-hydrogen) atoms. The van der Waals surface area contributed by atoms with E-state index in [1.165, 1.54) is 5.56 Å². The van der Waals surface area contributed by atoms with Gasteiger partial charge in [-0.2, -0.15) is 0 Å². The van der Waals surface area contributed by atoms with Crippen LogP contribution in [0.15, 0.2) is 36.7 Å². The first-order chi connectivity index (χ1) is 8.75. The third kappa shape index (κ3) is 3.60. The Hall–Kier alpha value is -1.81. The fourth-order valence-electron chi connectivity index (χ4n) is 1.71. The van der Waals surface area contributed by atoms with E-state index in [1.54, 1.807) is 6.20 Å². The number of hydrogen-bond acceptors (Lipinski definition) is 3. The van der Waals surface area contributed by atoms with Crippen molar-refractivity contribution in [2.24, 2.45) is 7.05 Å². The van der Waals surface area contributed by atoms with Crippen LogP contribution >= 0.6 is 0 Å². The zero-order chi connectivity index (χ0) is 12.8. The van der Waals surface area contributed by atoms with E-state index < -0.39 is 0 Å². The van der Waals surface area contributed by atoms with Crippen molar-refractivity contribution in [2.45, 2.75) is 13.5 Å². The van der Waals surface area contributed by atoms with Gasteiger partial charge >= 0.3 is 0 Å². The summed E-state index contributed by atoms with van der Waals surface area (Å²) in [4.78, 5) is 4.24.